The fourth-order valence-electron chi connectivity index (χ4n) is 0. The molecule has 4 heavy (non-hydrogen) atoms. The Bertz CT molecular complexity index is 8.00. The van der Waals surface area contributed by atoms with Gasteiger partial charge in [0, 0.05) is 58.6 Å². The van der Waals surface area contributed by atoms with Crippen LogP contribution in [0.1, 0.15) is 0 Å². The van der Waals surface area contributed by atoms with E-state index in [2.05, 4.69) is 0 Å². The third-order valence-corrected chi connectivity index (χ3v) is 0. The van der Waals surface area contributed by atoms with Gasteiger partial charge in [-0.2, -0.15) is 0 Å². The standard InChI is InChI=1S/O.Sc.Y.Zr. The fourth-order valence-corrected chi connectivity index (χ4v) is 0. The van der Waals surface area contributed by atoms with E-state index in [1.54, 1.807) is 0 Å². The van der Waals surface area contributed by atoms with Crippen LogP contribution in [0.3, 0.4) is 0 Å². The smallest absolute Gasteiger partial charge is 0 e. The van der Waals surface area contributed by atoms with E-state index in [-0.39, 0.29) is 58.6 Å². The topological polar surface area (TPSA) is 17.1 Å². The maximum absolute atomic E-state index is 8.34. The van der Waals surface area contributed by atoms with Gasteiger partial charge in [-0.15, -0.1) is 0 Å². The molecule has 0 heterocycles. The molecule has 2 radical (unpaired) electrons. The summed E-state index contributed by atoms with van der Waals surface area (Å²) in [6, 6.07) is 0. The second-order valence-corrected chi connectivity index (χ2v) is 0. The molecule has 1 nitrogen and oxygen atoms in total. The van der Waals surface area contributed by atoms with Crippen LogP contribution in [0.25, 0.3) is 0 Å². The molecule has 0 atom stereocenters. The first-order chi connectivity index (χ1) is 1.00. The van der Waals surface area contributed by atoms with Gasteiger partial charge in [0.1, 0.15) is 0 Å². The monoisotopic (exact) mass is 240 g/mol. The number of hydrogen-bond donors (Lipinski definition) is 0. The zero-order valence-electron chi connectivity index (χ0n) is 2.06. The van der Waals surface area contributed by atoms with Crippen LogP contribution in [0.4, 0.5) is 0 Å². The third-order valence-electron chi connectivity index (χ3n) is 0. The quantitative estimate of drug-likeness (QED) is 0.577. The average Bonchev–Trinajstić information content (AvgIpc) is 1.00. The average molecular weight is 241 g/mol. The van der Waals surface area contributed by atoms with Crippen molar-refractivity contribution in [2.45, 2.75) is 0 Å². The summed E-state index contributed by atoms with van der Waals surface area (Å²) in [6.07, 6.45) is 0. The van der Waals surface area contributed by atoms with Crippen LogP contribution in [0.5, 0.6) is 0 Å². The van der Waals surface area contributed by atoms with Gasteiger partial charge < -0.3 is 0 Å². The molecule has 16 valence electrons. The molecule has 4 heteroatoms. The molecule has 0 aliphatic heterocycles. The molecule has 0 unspecified atom stereocenters. The Kier molecular flexibility index (Phi) is 69.2. The molecule has 0 aromatic heterocycles. The molecule has 0 aromatic carbocycles. The third kappa shape index (κ3) is 8.82. The van der Waals surface area contributed by atoms with Crippen molar-refractivity contribution in [2.24, 2.45) is 0 Å². The predicted molar refractivity (Wildman–Crippen MR) is 0.686 cm³/mol. The molecule has 0 N–H and O–H groups in total. The van der Waals surface area contributed by atoms with E-state index in [0.29, 0.717) is 24.7 Å². The van der Waals surface area contributed by atoms with E-state index in [1.165, 1.54) is 0 Å². The van der Waals surface area contributed by atoms with Gasteiger partial charge in [-0.3, -0.25) is 0 Å². The van der Waals surface area contributed by atoms with Crippen molar-refractivity contribution >= 4 is 0 Å². The van der Waals surface area contributed by atoms with Crippen molar-refractivity contribution in [3.8, 4) is 0 Å². The minimum Gasteiger partial charge on any atom is 0 e. The molecule has 0 aliphatic rings. The Morgan fingerprint density at radius 3 is 1.25 bits per heavy atom. The van der Waals surface area contributed by atoms with Gasteiger partial charge >= 0.3 is 27.5 Å². The first-order valence-electron chi connectivity index (χ1n) is 0.204. The van der Waals surface area contributed by atoms with Crippen molar-refractivity contribution < 1.29 is 86.1 Å². The zero-order chi connectivity index (χ0) is 2.00. The van der Waals surface area contributed by atoms with Gasteiger partial charge in [-0.05, 0) is 0 Å². The molecule has 0 aromatic rings. The molecule has 0 amide bonds. The Hall–Kier alpha value is 2.66. The summed E-state index contributed by atoms with van der Waals surface area (Å²) < 4.78 is 8.34. The summed E-state index contributed by atoms with van der Waals surface area (Å²) >= 11 is 0.300. The van der Waals surface area contributed by atoms with Crippen LogP contribution in [0.15, 0.2) is 0 Å². The Morgan fingerprint density at radius 2 is 1.25 bits per heavy atom. The summed E-state index contributed by atoms with van der Waals surface area (Å²) in [4.78, 5) is 0. The first kappa shape index (κ1) is 15.9. The Morgan fingerprint density at radius 1 is 1.25 bits per heavy atom. The van der Waals surface area contributed by atoms with Crippen molar-refractivity contribution in [3.63, 3.8) is 0 Å². The zero-order valence-corrected chi connectivity index (χ0v) is 9.16. The summed E-state index contributed by atoms with van der Waals surface area (Å²) in [7, 11) is 0. The number of rotatable bonds is 0. The maximum Gasteiger partial charge on any atom is 0 e. The van der Waals surface area contributed by atoms with Crippen molar-refractivity contribution in [1.82, 2.24) is 0 Å². The minimum atomic E-state index is 0. The molecular formula is OScYZr. The van der Waals surface area contributed by atoms with Crippen molar-refractivity contribution in [3.05, 3.63) is 0 Å². The normalized spacial score (nSPS) is 0.750. The van der Waals surface area contributed by atoms with Gasteiger partial charge in [-0.25, -0.2) is 0 Å². The Balaban J connectivity index is -0.00000000500. The van der Waals surface area contributed by atoms with Crippen LogP contribution in [0.2, 0.25) is 0 Å². The van der Waals surface area contributed by atoms with Crippen LogP contribution in [-0.2, 0) is 86.1 Å². The molecule has 0 aliphatic carbocycles. The summed E-state index contributed by atoms with van der Waals surface area (Å²) in [5, 5.41) is 0. The fraction of sp³-hybridized carbons (Fsp3) is 0. The van der Waals surface area contributed by atoms with Crippen LogP contribution < -0.4 is 0 Å². The SMILES string of the molecule is [O]=[Zr].[Sc].[Y]. The second kappa shape index (κ2) is 17.4. The van der Waals surface area contributed by atoms with Crippen LogP contribution in [0, 0.1) is 0 Å². The van der Waals surface area contributed by atoms with Gasteiger partial charge in [0.25, 0.3) is 0 Å². The van der Waals surface area contributed by atoms with Crippen LogP contribution >= 0.6 is 0 Å². The van der Waals surface area contributed by atoms with E-state index in [0.717, 1.165) is 0 Å². The van der Waals surface area contributed by atoms with E-state index >= 15 is 0 Å². The summed E-state index contributed by atoms with van der Waals surface area (Å²) in [5.74, 6) is 0. The van der Waals surface area contributed by atoms with Gasteiger partial charge in [0.15, 0.2) is 0 Å². The molecule has 0 rings (SSSR count). The number of hydrogen-bond acceptors (Lipinski definition) is 1. The summed E-state index contributed by atoms with van der Waals surface area (Å²) in [5.41, 5.74) is 0. The second-order valence-electron chi connectivity index (χ2n) is 0. The molecule has 0 spiro atoms. The summed E-state index contributed by atoms with van der Waals surface area (Å²) in [6.45, 7) is 0. The van der Waals surface area contributed by atoms with Crippen molar-refractivity contribution in [2.75, 3.05) is 0 Å². The first-order valence-corrected chi connectivity index (χ1v) is 1.21. The van der Waals surface area contributed by atoms with Crippen LogP contribution in [-0.4, -0.2) is 0 Å². The molecule has 0 saturated carbocycles. The van der Waals surface area contributed by atoms with E-state index < -0.39 is 0 Å². The van der Waals surface area contributed by atoms with Gasteiger partial charge in [0.05, 0.1) is 0 Å². The molecular weight excluding hydrogens is 241 g/mol. The van der Waals surface area contributed by atoms with E-state index in [1.807, 2.05) is 0 Å². The molecule has 0 bridgehead atoms. The van der Waals surface area contributed by atoms with Crippen molar-refractivity contribution in [1.29, 1.82) is 0 Å². The van der Waals surface area contributed by atoms with E-state index in [4.69, 9.17) is 2.81 Å². The van der Waals surface area contributed by atoms with Gasteiger partial charge in [-0.1, -0.05) is 0 Å². The van der Waals surface area contributed by atoms with E-state index in [9.17, 15) is 0 Å². The molecule has 0 fully saturated rings. The molecule has 0 saturated heterocycles. The predicted octanol–water partition coefficient (Wildman–Crippen LogP) is -0.126. The largest absolute Gasteiger partial charge is 0 e. The van der Waals surface area contributed by atoms with Gasteiger partial charge in [0.2, 0.25) is 0 Å². The minimum absolute atomic E-state index is 0. The maximum atomic E-state index is 8.34. The Labute approximate surface area is 84.2 Å².